The molecule has 2 aromatic carbocycles. The lowest BCUT2D eigenvalue weighted by Gasteiger charge is -2.07. The standard InChI is InChI=1S/C19H19ClN4O2S/c1-24-18(14-7-9-15(20)10-8-14)22-23-19(24)27-13-17(25)21-11-12-26-16-5-3-2-4-6-16/h2-10H,11-13H2,1H3,(H,21,25). The van der Waals surface area contributed by atoms with E-state index in [4.69, 9.17) is 16.3 Å². The van der Waals surface area contributed by atoms with Crippen LogP contribution in [0.4, 0.5) is 0 Å². The minimum Gasteiger partial charge on any atom is -0.492 e. The molecule has 27 heavy (non-hydrogen) atoms. The van der Waals surface area contributed by atoms with E-state index < -0.39 is 0 Å². The number of amides is 1. The molecule has 3 rings (SSSR count). The Morgan fingerprint density at radius 3 is 2.63 bits per heavy atom. The third-order valence-corrected chi connectivity index (χ3v) is 4.98. The van der Waals surface area contributed by atoms with Crippen molar-refractivity contribution in [1.82, 2.24) is 20.1 Å². The van der Waals surface area contributed by atoms with E-state index in [1.165, 1.54) is 11.8 Å². The molecule has 1 N–H and O–H groups in total. The lowest BCUT2D eigenvalue weighted by molar-refractivity contribution is -0.118. The second kappa shape index (κ2) is 9.43. The predicted octanol–water partition coefficient (Wildman–Crippen LogP) is 3.42. The Labute approximate surface area is 166 Å². The second-order valence-electron chi connectivity index (χ2n) is 5.67. The third-order valence-electron chi connectivity index (χ3n) is 3.71. The van der Waals surface area contributed by atoms with Crippen molar-refractivity contribution in [2.75, 3.05) is 18.9 Å². The predicted molar refractivity (Wildman–Crippen MR) is 107 cm³/mol. The van der Waals surface area contributed by atoms with Crippen LogP contribution in [0, 0.1) is 0 Å². The minimum absolute atomic E-state index is 0.0762. The van der Waals surface area contributed by atoms with Crippen LogP contribution < -0.4 is 10.1 Å². The van der Waals surface area contributed by atoms with E-state index in [2.05, 4.69) is 15.5 Å². The molecule has 3 aromatic rings. The van der Waals surface area contributed by atoms with Crippen LogP contribution in [0.2, 0.25) is 5.02 Å². The molecule has 0 fully saturated rings. The summed E-state index contributed by atoms with van der Waals surface area (Å²) in [5, 5.41) is 12.5. The first-order chi connectivity index (χ1) is 13.1. The van der Waals surface area contributed by atoms with Crippen molar-refractivity contribution in [3.05, 3.63) is 59.6 Å². The van der Waals surface area contributed by atoms with Gasteiger partial charge in [0.1, 0.15) is 12.4 Å². The summed E-state index contributed by atoms with van der Waals surface area (Å²) < 4.78 is 7.40. The molecular weight excluding hydrogens is 384 g/mol. The molecule has 1 heterocycles. The zero-order valence-corrected chi connectivity index (χ0v) is 16.3. The molecule has 0 aliphatic carbocycles. The van der Waals surface area contributed by atoms with Gasteiger partial charge in [-0.05, 0) is 36.4 Å². The number of nitrogens with zero attached hydrogens (tertiary/aromatic N) is 3. The third kappa shape index (κ3) is 5.48. The van der Waals surface area contributed by atoms with Gasteiger partial charge < -0.3 is 14.6 Å². The number of benzene rings is 2. The van der Waals surface area contributed by atoms with Gasteiger partial charge in [0.25, 0.3) is 0 Å². The molecule has 0 radical (unpaired) electrons. The number of rotatable bonds is 8. The SMILES string of the molecule is Cn1c(SCC(=O)NCCOc2ccccc2)nnc1-c1ccc(Cl)cc1. The summed E-state index contributed by atoms with van der Waals surface area (Å²) in [6.45, 7) is 0.869. The van der Waals surface area contributed by atoms with Crippen LogP contribution in [0.25, 0.3) is 11.4 Å². The molecule has 0 saturated carbocycles. The van der Waals surface area contributed by atoms with Crippen LogP contribution in [-0.2, 0) is 11.8 Å². The first-order valence-electron chi connectivity index (χ1n) is 8.36. The van der Waals surface area contributed by atoms with Crippen molar-refractivity contribution >= 4 is 29.3 Å². The number of carbonyl (C=O) groups is 1. The number of nitrogens with one attached hydrogen (secondary N) is 1. The van der Waals surface area contributed by atoms with E-state index in [1.807, 2.05) is 66.2 Å². The van der Waals surface area contributed by atoms with Gasteiger partial charge in [-0.3, -0.25) is 4.79 Å². The largest absolute Gasteiger partial charge is 0.492 e. The highest BCUT2D eigenvalue weighted by molar-refractivity contribution is 7.99. The van der Waals surface area contributed by atoms with Gasteiger partial charge in [0.05, 0.1) is 12.3 Å². The number of aromatic nitrogens is 3. The Kier molecular flexibility index (Phi) is 6.73. The minimum atomic E-state index is -0.0762. The van der Waals surface area contributed by atoms with Gasteiger partial charge >= 0.3 is 0 Å². The highest BCUT2D eigenvalue weighted by Gasteiger charge is 2.12. The van der Waals surface area contributed by atoms with Crippen molar-refractivity contribution in [1.29, 1.82) is 0 Å². The van der Waals surface area contributed by atoms with Gasteiger partial charge in [0.15, 0.2) is 11.0 Å². The van der Waals surface area contributed by atoms with Crippen molar-refractivity contribution < 1.29 is 9.53 Å². The molecule has 0 aliphatic rings. The Bertz CT molecular complexity index is 884. The normalized spacial score (nSPS) is 10.6. The summed E-state index contributed by atoms with van der Waals surface area (Å²) in [6.07, 6.45) is 0. The first kappa shape index (κ1) is 19.3. The highest BCUT2D eigenvalue weighted by Crippen LogP contribution is 2.23. The lowest BCUT2D eigenvalue weighted by Crippen LogP contribution is -2.29. The zero-order valence-electron chi connectivity index (χ0n) is 14.8. The van der Waals surface area contributed by atoms with E-state index >= 15 is 0 Å². The number of carbonyl (C=O) groups excluding carboxylic acids is 1. The zero-order chi connectivity index (χ0) is 19.1. The summed E-state index contributed by atoms with van der Waals surface area (Å²) in [6, 6.07) is 16.9. The number of hydrogen-bond acceptors (Lipinski definition) is 5. The monoisotopic (exact) mass is 402 g/mol. The molecule has 0 spiro atoms. The first-order valence-corrected chi connectivity index (χ1v) is 9.72. The topological polar surface area (TPSA) is 69.0 Å². The highest BCUT2D eigenvalue weighted by atomic mass is 35.5. The Morgan fingerprint density at radius 1 is 1.15 bits per heavy atom. The van der Waals surface area contributed by atoms with Crippen molar-refractivity contribution in [2.45, 2.75) is 5.16 Å². The fourth-order valence-electron chi connectivity index (χ4n) is 2.35. The molecule has 0 unspecified atom stereocenters. The second-order valence-corrected chi connectivity index (χ2v) is 7.05. The van der Waals surface area contributed by atoms with Gasteiger partial charge in [0, 0.05) is 17.6 Å². The van der Waals surface area contributed by atoms with Crippen LogP contribution in [-0.4, -0.2) is 39.6 Å². The summed E-state index contributed by atoms with van der Waals surface area (Å²) in [5.74, 6) is 1.70. The van der Waals surface area contributed by atoms with Crippen LogP contribution in [0.5, 0.6) is 5.75 Å². The van der Waals surface area contributed by atoms with Gasteiger partial charge in [0.2, 0.25) is 5.91 Å². The van der Waals surface area contributed by atoms with Crippen LogP contribution >= 0.6 is 23.4 Å². The van der Waals surface area contributed by atoms with Gasteiger partial charge in [-0.2, -0.15) is 0 Å². The van der Waals surface area contributed by atoms with E-state index in [-0.39, 0.29) is 11.7 Å². The molecule has 8 heteroatoms. The van der Waals surface area contributed by atoms with Crippen molar-refractivity contribution in [3.8, 4) is 17.1 Å². The van der Waals surface area contributed by atoms with Gasteiger partial charge in [-0.1, -0.05) is 41.6 Å². The van der Waals surface area contributed by atoms with Gasteiger partial charge in [-0.25, -0.2) is 0 Å². The Hall–Kier alpha value is -2.51. The fourth-order valence-corrected chi connectivity index (χ4v) is 3.22. The van der Waals surface area contributed by atoms with Crippen molar-refractivity contribution in [3.63, 3.8) is 0 Å². The Morgan fingerprint density at radius 2 is 1.89 bits per heavy atom. The molecule has 1 amide bonds. The average molecular weight is 403 g/mol. The maximum atomic E-state index is 12.0. The number of hydrogen-bond donors (Lipinski definition) is 1. The molecule has 0 bridgehead atoms. The molecule has 0 aliphatic heterocycles. The van der Waals surface area contributed by atoms with E-state index in [9.17, 15) is 4.79 Å². The number of ether oxygens (including phenoxy) is 1. The number of para-hydroxylation sites is 1. The van der Waals surface area contributed by atoms with E-state index in [0.29, 0.717) is 23.3 Å². The maximum Gasteiger partial charge on any atom is 0.230 e. The number of thioether (sulfide) groups is 1. The molecule has 0 atom stereocenters. The number of halogens is 1. The smallest absolute Gasteiger partial charge is 0.230 e. The summed E-state index contributed by atoms with van der Waals surface area (Å²) >= 11 is 7.25. The van der Waals surface area contributed by atoms with Crippen molar-refractivity contribution in [2.24, 2.45) is 7.05 Å². The summed E-state index contributed by atoms with van der Waals surface area (Å²) in [5.41, 5.74) is 0.920. The molecule has 0 saturated heterocycles. The molecular formula is C19H19ClN4O2S. The average Bonchev–Trinajstić information content (AvgIpc) is 3.05. The molecule has 140 valence electrons. The molecule has 6 nitrogen and oxygen atoms in total. The fraction of sp³-hybridized carbons (Fsp3) is 0.211. The van der Waals surface area contributed by atoms with Crippen LogP contribution in [0.15, 0.2) is 59.8 Å². The van der Waals surface area contributed by atoms with E-state index in [1.54, 1.807) is 0 Å². The van der Waals surface area contributed by atoms with Gasteiger partial charge in [-0.15, -0.1) is 10.2 Å². The van der Waals surface area contributed by atoms with E-state index in [0.717, 1.165) is 17.1 Å². The Balaban J connectivity index is 1.44. The summed E-state index contributed by atoms with van der Waals surface area (Å²) in [7, 11) is 1.87. The quantitative estimate of drug-likeness (QED) is 0.462. The maximum absolute atomic E-state index is 12.0. The summed E-state index contributed by atoms with van der Waals surface area (Å²) in [4.78, 5) is 12.0. The van der Waals surface area contributed by atoms with Crippen LogP contribution in [0.3, 0.4) is 0 Å². The lowest BCUT2D eigenvalue weighted by atomic mass is 10.2. The molecule has 1 aromatic heterocycles. The van der Waals surface area contributed by atoms with Crippen LogP contribution in [0.1, 0.15) is 0 Å².